The maximum absolute atomic E-state index is 12.3. The van der Waals surface area contributed by atoms with E-state index in [-0.39, 0.29) is 19.6 Å². The number of amides is 2. The van der Waals surface area contributed by atoms with Gasteiger partial charge in [-0.15, -0.1) is 0 Å². The van der Waals surface area contributed by atoms with E-state index in [1.165, 1.54) is 4.90 Å². The zero-order chi connectivity index (χ0) is 16.5. The fourth-order valence-corrected chi connectivity index (χ4v) is 2.09. The summed E-state index contributed by atoms with van der Waals surface area (Å²) in [4.78, 5) is 24.8. The minimum Gasteiger partial charge on any atom is -0.445 e. The van der Waals surface area contributed by atoms with Crippen LogP contribution < -0.4 is 5.73 Å². The summed E-state index contributed by atoms with van der Waals surface area (Å²) in [6.07, 6.45) is -0.355. The highest BCUT2D eigenvalue weighted by Crippen LogP contribution is 2.09. The van der Waals surface area contributed by atoms with Crippen molar-refractivity contribution in [2.24, 2.45) is 5.73 Å². The van der Waals surface area contributed by atoms with Crippen molar-refractivity contribution in [3.8, 4) is 0 Å². The lowest BCUT2D eigenvalue weighted by Gasteiger charge is -2.21. The topological polar surface area (TPSA) is 72.6 Å². The molecule has 0 saturated carbocycles. The Bertz CT molecular complexity index is 629. The lowest BCUT2D eigenvalue weighted by atomic mass is 10.2. The number of carbonyl (C=O) groups excluding carboxylic acids is 2. The molecule has 0 unspecified atom stereocenters. The highest BCUT2D eigenvalue weighted by atomic mass is 16.6. The highest BCUT2D eigenvalue weighted by Gasteiger charge is 2.16. The van der Waals surface area contributed by atoms with E-state index in [9.17, 15) is 9.59 Å². The fourth-order valence-electron chi connectivity index (χ4n) is 2.09. The zero-order valence-electron chi connectivity index (χ0n) is 12.9. The molecule has 0 radical (unpaired) electrons. The predicted octanol–water partition coefficient (Wildman–Crippen LogP) is 2.70. The fraction of sp³-hybridized carbons (Fsp3) is 0.222. The van der Waals surface area contributed by atoms with Gasteiger partial charge in [0, 0.05) is 19.5 Å². The first-order chi connectivity index (χ1) is 11.1. The standard InChI is InChI=1S/C18H20N2O3/c19-17(21)11-12-20(13-15-7-3-1-4-8-15)18(22)23-14-16-9-5-2-6-10-16/h1-10H,11-14H2,(H2,19,21). The van der Waals surface area contributed by atoms with Gasteiger partial charge in [-0.3, -0.25) is 4.79 Å². The molecule has 2 amide bonds. The molecular formula is C18H20N2O3. The van der Waals surface area contributed by atoms with Crippen LogP contribution in [0.15, 0.2) is 60.7 Å². The second-order valence-electron chi connectivity index (χ2n) is 5.16. The average Bonchev–Trinajstić information content (AvgIpc) is 2.58. The van der Waals surface area contributed by atoms with E-state index in [0.717, 1.165) is 11.1 Å². The van der Waals surface area contributed by atoms with Gasteiger partial charge in [-0.2, -0.15) is 0 Å². The molecule has 0 fully saturated rings. The Kier molecular flexibility index (Phi) is 6.17. The van der Waals surface area contributed by atoms with E-state index in [1.807, 2.05) is 60.7 Å². The number of primary amides is 1. The van der Waals surface area contributed by atoms with Crippen LogP contribution in [0.2, 0.25) is 0 Å². The van der Waals surface area contributed by atoms with Gasteiger partial charge in [0.25, 0.3) is 0 Å². The number of carbonyl (C=O) groups is 2. The van der Waals surface area contributed by atoms with Crippen LogP contribution >= 0.6 is 0 Å². The number of ether oxygens (including phenoxy) is 1. The molecule has 0 aliphatic rings. The van der Waals surface area contributed by atoms with Gasteiger partial charge in [0.15, 0.2) is 0 Å². The van der Waals surface area contributed by atoms with Crippen LogP contribution in [0.25, 0.3) is 0 Å². The van der Waals surface area contributed by atoms with Crippen LogP contribution in [-0.4, -0.2) is 23.4 Å². The lowest BCUT2D eigenvalue weighted by molar-refractivity contribution is -0.118. The van der Waals surface area contributed by atoms with E-state index in [4.69, 9.17) is 10.5 Å². The monoisotopic (exact) mass is 312 g/mol. The van der Waals surface area contributed by atoms with Crippen molar-refractivity contribution in [3.05, 3.63) is 71.8 Å². The lowest BCUT2D eigenvalue weighted by Crippen LogP contribution is -2.34. The summed E-state index contributed by atoms with van der Waals surface area (Å²) in [5, 5.41) is 0. The maximum atomic E-state index is 12.3. The van der Waals surface area contributed by atoms with Crippen molar-refractivity contribution in [2.75, 3.05) is 6.54 Å². The number of nitrogens with two attached hydrogens (primary N) is 1. The molecule has 5 heteroatoms. The molecule has 0 aliphatic carbocycles. The maximum Gasteiger partial charge on any atom is 0.410 e. The Morgan fingerprint density at radius 2 is 1.48 bits per heavy atom. The molecule has 23 heavy (non-hydrogen) atoms. The molecule has 0 aromatic heterocycles. The molecule has 0 spiro atoms. The number of nitrogens with zero attached hydrogens (tertiary/aromatic N) is 1. The van der Waals surface area contributed by atoms with E-state index < -0.39 is 12.0 Å². The summed E-state index contributed by atoms with van der Waals surface area (Å²) >= 11 is 0. The summed E-state index contributed by atoms with van der Waals surface area (Å²) in [5.41, 5.74) is 7.06. The molecule has 0 aliphatic heterocycles. The van der Waals surface area contributed by atoms with Crippen LogP contribution in [0, 0.1) is 0 Å². The van der Waals surface area contributed by atoms with Crippen LogP contribution in [-0.2, 0) is 22.7 Å². The molecule has 2 aromatic rings. The molecule has 120 valence electrons. The number of rotatable bonds is 7. The Morgan fingerprint density at radius 3 is 2.04 bits per heavy atom. The molecular weight excluding hydrogens is 292 g/mol. The first-order valence-corrected chi connectivity index (χ1v) is 7.43. The summed E-state index contributed by atoms with van der Waals surface area (Å²) in [5.74, 6) is -0.445. The normalized spacial score (nSPS) is 10.1. The van der Waals surface area contributed by atoms with E-state index in [2.05, 4.69) is 0 Å². The van der Waals surface area contributed by atoms with Gasteiger partial charge in [0.2, 0.25) is 5.91 Å². The van der Waals surface area contributed by atoms with Crippen LogP contribution in [0.5, 0.6) is 0 Å². The average molecular weight is 312 g/mol. The number of benzene rings is 2. The van der Waals surface area contributed by atoms with E-state index in [0.29, 0.717) is 6.54 Å². The number of hydrogen-bond donors (Lipinski definition) is 1. The SMILES string of the molecule is NC(=O)CCN(Cc1ccccc1)C(=O)OCc1ccccc1. The second-order valence-corrected chi connectivity index (χ2v) is 5.16. The summed E-state index contributed by atoms with van der Waals surface area (Å²) in [7, 11) is 0. The minimum atomic E-state index is -0.459. The Morgan fingerprint density at radius 1 is 0.913 bits per heavy atom. The second kappa shape index (κ2) is 8.58. The molecule has 2 rings (SSSR count). The van der Waals surface area contributed by atoms with Crippen LogP contribution in [0.3, 0.4) is 0 Å². The molecule has 2 aromatic carbocycles. The van der Waals surface area contributed by atoms with Gasteiger partial charge in [-0.05, 0) is 11.1 Å². The first kappa shape index (κ1) is 16.5. The Hall–Kier alpha value is -2.82. The van der Waals surface area contributed by atoms with Crippen LogP contribution in [0.1, 0.15) is 17.5 Å². The Balaban J connectivity index is 1.97. The zero-order valence-corrected chi connectivity index (χ0v) is 12.9. The quantitative estimate of drug-likeness (QED) is 0.854. The third-order valence-electron chi connectivity index (χ3n) is 3.31. The molecule has 0 saturated heterocycles. The summed E-state index contributed by atoms with van der Waals surface area (Å²) < 4.78 is 5.33. The summed E-state index contributed by atoms with van der Waals surface area (Å²) in [6, 6.07) is 19.0. The van der Waals surface area contributed by atoms with Gasteiger partial charge < -0.3 is 15.4 Å². The van der Waals surface area contributed by atoms with Crippen molar-refractivity contribution in [2.45, 2.75) is 19.6 Å². The highest BCUT2D eigenvalue weighted by molar-refractivity contribution is 5.75. The Labute approximate surface area is 135 Å². The van der Waals surface area contributed by atoms with Gasteiger partial charge in [-0.1, -0.05) is 60.7 Å². The van der Waals surface area contributed by atoms with Crippen molar-refractivity contribution in [3.63, 3.8) is 0 Å². The van der Waals surface area contributed by atoms with Crippen LogP contribution in [0.4, 0.5) is 4.79 Å². The minimum absolute atomic E-state index is 0.104. The third kappa shape index (κ3) is 5.82. The van der Waals surface area contributed by atoms with Crippen molar-refractivity contribution in [1.82, 2.24) is 4.90 Å². The molecule has 0 heterocycles. The van der Waals surface area contributed by atoms with Crippen molar-refractivity contribution >= 4 is 12.0 Å². The van der Waals surface area contributed by atoms with Gasteiger partial charge in [-0.25, -0.2) is 4.79 Å². The summed E-state index contributed by atoms with van der Waals surface area (Å²) in [6.45, 7) is 0.807. The molecule has 2 N–H and O–H groups in total. The molecule has 5 nitrogen and oxygen atoms in total. The molecule has 0 atom stereocenters. The van der Waals surface area contributed by atoms with E-state index in [1.54, 1.807) is 0 Å². The van der Waals surface area contributed by atoms with Gasteiger partial charge in [0.1, 0.15) is 6.61 Å². The molecule has 0 bridgehead atoms. The van der Waals surface area contributed by atoms with Crippen molar-refractivity contribution in [1.29, 1.82) is 0 Å². The van der Waals surface area contributed by atoms with E-state index >= 15 is 0 Å². The number of hydrogen-bond acceptors (Lipinski definition) is 3. The largest absolute Gasteiger partial charge is 0.445 e. The van der Waals surface area contributed by atoms with Gasteiger partial charge in [0.05, 0.1) is 0 Å². The smallest absolute Gasteiger partial charge is 0.410 e. The van der Waals surface area contributed by atoms with Crippen molar-refractivity contribution < 1.29 is 14.3 Å². The van der Waals surface area contributed by atoms with Gasteiger partial charge >= 0.3 is 6.09 Å². The predicted molar refractivity (Wildman–Crippen MR) is 87.3 cm³/mol. The third-order valence-corrected chi connectivity index (χ3v) is 3.31. The first-order valence-electron chi connectivity index (χ1n) is 7.43.